The summed E-state index contributed by atoms with van der Waals surface area (Å²) in [7, 11) is 0. The minimum atomic E-state index is 0.145. The van der Waals surface area contributed by atoms with Gasteiger partial charge in [0, 0.05) is 43.9 Å². The number of nitrogens with zero attached hydrogens (tertiary/aromatic N) is 4. The Balaban J connectivity index is 1.56. The van der Waals surface area contributed by atoms with Crippen molar-refractivity contribution in [2.24, 2.45) is 5.92 Å². The number of rotatable bonds is 6. The number of H-pyrrole nitrogens is 1. The minimum Gasteiger partial charge on any atom is -0.373 e. The van der Waals surface area contributed by atoms with E-state index in [0.717, 1.165) is 49.6 Å². The molecule has 2 atom stereocenters. The Morgan fingerprint density at radius 3 is 3.19 bits per heavy atom. The van der Waals surface area contributed by atoms with E-state index in [4.69, 9.17) is 4.74 Å². The molecule has 1 saturated heterocycles. The molecule has 2 aromatic rings. The molecule has 1 aliphatic rings. The SMILES string of the molecule is CCn1nnc(C)c1CNC[C@H]1CCO[C@@H]1c1cn[nH]c1. The van der Waals surface area contributed by atoms with Crippen LogP contribution in [0.2, 0.25) is 0 Å². The lowest BCUT2D eigenvalue weighted by Gasteiger charge is -2.18. The fourth-order valence-corrected chi connectivity index (χ4v) is 2.90. The largest absolute Gasteiger partial charge is 0.373 e. The minimum absolute atomic E-state index is 0.145. The molecule has 0 saturated carbocycles. The smallest absolute Gasteiger partial charge is 0.0896 e. The Hall–Kier alpha value is -1.73. The molecule has 0 bridgehead atoms. The first-order chi connectivity index (χ1) is 10.3. The third kappa shape index (κ3) is 2.98. The van der Waals surface area contributed by atoms with Gasteiger partial charge in [-0.25, -0.2) is 4.68 Å². The average Bonchev–Trinajstić information content (AvgIpc) is 3.20. The Bertz CT molecular complexity index is 564. The molecular formula is C14H22N6O. The molecule has 3 rings (SSSR count). The van der Waals surface area contributed by atoms with Crippen molar-refractivity contribution in [1.29, 1.82) is 0 Å². The molecule has 0 amide bonds. The molecule has 1 fully saturated rings. The maximum atomic E-state index is 5.84. The van der Waals surface area contributed by atoms with E-state index in [1.54, 1.807) is 0 Å². The van der Waals surface area contributed by atoms with Crippen molar-refractivity contribution in [3.05, 3.63) is 29.3 Å². The Morgan fingerprint density at radius 1 is 1.52 bits per heavy atom. The first-order valence-corrected chi connectivity index (χ1v) is 7.49. The Kier molecular flexibility index (Phi) is 4.31. The quantitative estimate of drug-likeness (QED) is 0.835. The third-order valence-corrected chi connectivity index (χ3v) is 4.09. The molecule has 0 unspecified atom stereocenters. The highest BCUT2D eigenvalue weighted by atomic mass is 16.5. The van der Waals surface area contributed by atoms with Gasteiger partial charge in [0.15, 0.2) is 0 Å². The van der Waals surface area contributed by atoms with Gasteiger partial charge in [0.25, 0.3) is 0 Å². The first kappa shape index (κ1) is 14.2. The summed E-state index contributed by atoms with van der Waals surface area (Å²) in [5, 5.41) is 18.7. The summed E-state index contributed by atoms with van der Waals surface area (Å²) >= 11 is 0. The summed E-state index contributed by atoms with van der Waals surface area (Å²) in [5.41, 5.74) is 3.30. The number of ether oxygens (including phenoxy) is 1. The lowest BCUT2D eigenvalue weighted by molar-refractivity contribution is 0.0904. The maximum absolute atomic E-state index is 5.84. The fraction of sp³-hybridized carbons (Fsp3) is 0.643. The normalized spacial score (nSPS) is 22.0. The summed E-state index contributed by atoms with van der Waals surface area (Å²) in [5.74, 6) is 0.480. The summed E-state index contributed by atoms with van der Waals surface area (Å²) in [6.07, 6.45) is 4.99. The van der Waals surface area contributed by atoms with Crippen LogP contribution in [0, 0.1) is 12.8 Å². The van der Waals surface area contributed by atoms with E-state index >= 15 is 0 Å². The maximum Gasteiger partial charge on any atom is 0.0896 e. The van der Waals surface area contributed by atoms with Gasteiger partial charge in [0.2, 0.25) is 0 Å². The molecule has 21 heavy (non-hydrogen) atoms. The van der Waals surface area contributed by atoms with Crippen molar-refractivity contribution in [3.63, 3.8) is 0 Å². The lowest BCUT2D eigenvalue weighted by atomic mass is 9.97. The highest BCUT2D eigenvalue weighted by molar-refractivity contribution is 5.11. The van der Waals surface area contributed by atoms with Crippen molar-refractivity contribution < 1.29 is 4.74 Å². The van der Waals surface area contributed by atoms with Crippen molar-refractivity contribution in [3.8, 4) is 0 Å². The molecule has 114 valence electrons. The van der Waals surface area contributed by atoms with Gasteiger partial charge in [-0.15, -0.1) is 5.10 Å². The van der Waals surface area contributed by atoms with Crippen LogP contribution in [-0.4, -0.2) is 38.3 Å². The summed E-state index contributed by atoms with van der Waals surface area (Å²) in [6.45, 7) is 7.46. The standard InChI is InChI=1S/C14H22N6O/c1-3-20-13(10(2)18-19-20)9-15-6-11-4-5-21-14(11)12-7-16-17-8-12/h7-8,11,14-15H,3-6,9H2,1-2H3,(H,16,17)/t11-,14+/m1/s1. The second-order valence-corrected chi connectivity index (χ2v) is 5.44. The second-order valence-electron chi connectivity index (χ2n) is 5.44. The molecular weight excluding hydrogens is 268 g/mol. The Morgan fingerprint density at radius 2 is 2.43 bits per heavy atom. The van der Waals surface area contributed by atoms with Crippen LogP contribution in [0.25, 0.3) is 0 Å². The van der Waals surface area contributed by atoms with Crippen molar-refractivity contribution in [2.75, 3.05) is 13.2 Å². The van der Waals surface area contributed by atoms with E-state index in [1.807, 2.05) is 24.0 Å². The number of hydrogen-bond acceptors (Lipinski definition) is 5. The van der Waals surface area contributed by atoms with Crippen LogP contribution in [0.1, 0.15) is 36.4 Å². The van der Waals surface area contributed by atoms with Crippen molar-refractivity contribution in [1.82, 2.24) is 30.5 Å². The van der Waals surface area contributed by atoms with E-state index < -0.39 is 0 Å². The second kappa shape index (κ2) is 6.36. The molecule has 0 spiro atoms. The van der Waals surface area contributed by atoms with Crippen LogP contribution in [-0.2, 0) is 17.8 Å². The summed E-state index contributed by atoms with van der Waals surface area (Å²) < 4.78 is 7.78. The summed E-state index contributed by atoms with van der Waals surface area (Å²) in [6, 6.07) is 0. The van der Waals surface area contributed by atoms with Crippen LogP contribution in [0.4, 0.5) is 0 Å². The number of aryl methyl sites for hydroxylation is 2. The van der Waals surface area contributed by atoms with Gasteiger partial charge in [0.1, 0.15) is 0 Å². The van der Waals surface area contributed by atoms with Crippen LogP contribution in [0.15, 0.2) is 12.4 Å². The van der Waals surface area contributed by atoms with Gasteiger partial charge in [-0.05, 0) is 20.3 Å². The topological polar surface area (TPSA) is 80.7 Å². The lowest BCUT2D eigenvalue weighted by Crippen LogP contribution is -2.26. The molecule has 7 heteroatoms. The molecule has 1 aliphatic heterocycles. The number of aromatic nitrogens is 5. The van der Waals surface area contributed by atoms with Crippen molar-refractivity contribution in [2.45, 2.75) is 39.5 Å². The number of nitrogens with one attached hydrogen (secondary N) is 2. The van der Waals surface area contributed by atoms with Crippen LogP contribution < -0.4 is 5.32 Å². The monoisotopic (exact) mass is 290 g/mol. The van der Waals surface area contributed by atoms with Gasteiger partial charge >= 0.3 is 0 Å². The highest BCUT2D eigenvalue weighted by Crippen LogP contribution is 2.33. The van der Waals surface area contributed by atoms with Crippen molar-refractivity contribution >= 4 is 0 Å². The molecule has 0 aromatic carbocycles. The zero-order valence-electron chi connectivity index (χ0n) is 12.5. The summed E-state index contributed by atoms with van der Waals surface area (Å²) in [4.78, 5) is 0. The zero-order valence-corrected chi connectivity index (χ0v) is 12.5. The van der Waals surface area contributed by atoms with E-state index in [-0.39, 0.29) is 6.10 Å². The molecule has 3 heterocycles. The third-order valence-electron chi connectivity index (χ3n) is 4.09. The average molecular weight is 290 g/mol. The predicted octanol–water partition coefficient (Wildman–Crippen LogP) is 1.20. The van der Waals surface area contributed by atoms with Crippen LogP contribution in [0.3, 0.4) is 0 Å². The van der Waals surface area contributed by atoms with Gasteiger partial charge in [0.05, 0.1) is 23.7 Å². The molecule has 2 aromatic heterocycles. The van der Waals surface area contributed by atoms with E-state index in [1.165, 1.54) is 0 Å². The van der Waals surface area contributed by atoms with E-state index in [2.05, 4.69) is 32.7 Å². The molecule has 0 radical (unpaired) electrons. The zero-order chi connectivity index (χ0) is 14.7. The highest BCUT2D eigenvalue weighted by Gasteiger charge is 2.30. The van der Waals surface area contributed by atoms with Crippen LogP contribution in [0.5, 0.6) is 0 Å². The molecule has 7 nitrogen and oxygen atoms in total. The fourth-order valence-electron chi connectivity index (χ4n) is 2.90. The van der Waals surface area contributed by atoms with Gasteiger partial charge in [-0.1, -0.05) is 5.21 Å². The molecule has 0 aliphatic carbocycles. The van der Waals surface area contributed by atoms with Crippen LogP contribution >= 0.6 is 0 Å². The van der Waals surface area contributed by atoms with E-state index in [0.29, 0.717) is 5.92 Å². The first-order valence-electron chi connectivity index (χ1n) is 7.49. The number of hydrogen-bond donors (Lipinski definition) is 2. The van der Waals surface area contributed by atoms with Gasteiger partial charge < -0.3 is 10.1 Å². The van der Waals surface area contributed by atoms with Gasteiger partial charge in [-0.2, -0.15) is 5.10 Å². The number of aromatic amines is 1. The van der Waals surface area contributed by atoms with E-state index in [9.17, 15) is 0 Å². The molecule has 2 N–H and O–H groups in total. The van der Waals surface area contributed by atoms with Gasteiger partial charge in [-0.3, -0.25) is 5.10 Å². The predicted molar refractivity (Wildman–Crippen MR) is 77.5 cm³/mol. The Labute approximate surface area is 124 Å².